The van der Waals surface area contributed by atoms with E-state index in [1.807, 2.05) is 6.20 Å². The first kappa shape index (κ1) is 30.5. The second-order valence-electron chi connectivity index (χ2n) is 13.2. The Bertz CT molecular complexity index is 2670. The van der Waals surface area contributed by atoms with Crippen molar-refractivity contribution in [3.8, 4) is 33.4 Å². The van der Waals surface area contributed by atoms with Crippen LogP contribution in [0.2, 0.25) is 0 Å². The maximum atomic E-state index is 4.79. The molecule has 242 valence electrons. The molecule has 0 atom stereocenters. The molecular weight excluding hydrogens is 619 g/mol. The number of hydrogen-bond acceptors (Lipinski definition) is 3. The molecule has 0 aliphatic heterocycles. The topological polar surface area (TPSA) is 29.0 Å². The van der Waals surface area contributed by atoms with Crippen LogP contribution in [0.15, 0.2) is 176 Å². The number of aromatic nitrogens is 2. The highest BCUT2D eigenvalue weighted by atomic mass is 15.2. The van der Waals surface area contributed by atoms with Gasteiger partial charge in [0.05, 0.1) is 6.20 Å². The molecule has 0 aliphatic carbocycles. The molecular formula is C48H35N3. The van der Waals surface area contributed by atoms with E-state index in [1.165, 1.54) is 76.8 Å². The first-order valence-electron chi connectivity index (χ1n) is 17.4. The Hall–Kier alpha value is -6.58. The van der Waals surface area contributed by atoms with Gasteiger partial charge in [0.2, 0.25) is 0 Å². The van der Waals surface area contributed by atoms with Gasteiger partial charge in [-0.15, -0.1) is 0 Å². The number of hydrogen-bond donors (Lipinski definition) is 0. The summed E-state index contributed by atoms with van der Waals surface area (Å²) >= 11 is 0. The molecule has 0 radical (unpaired) electrons. The molecule has 0 saturated heterocycles. The second kappa shape index (κ2) is 12.7. The molecule has 0 spiro atoms. The molecule has 3 nitrogen and oxygen atoms in total. The van der Waals surface area contributed by atoms with E-state index < -0.39 is 0 Å². The van der Waals surface area contributed by atoms with Gasteiger partial charge in [0.15, 0.2) is 5.82 Å². The highest BCUT2D eigenvalue weighted by Gasteiger charge is 2.23. The lowest BCUT2D eigenvalue weighted by Crippen LogP contribution is -2.12. The third kappa shape index (κ3) is 5.40. The van der Waals surface area contributed by atoms with Crippen molar-refractivity contribution in [2.24, 2.45) is 0 Å². The minimum atomic E-state index is 0.773. The fraction of sp³-hybridized carbons (Fsp3) is 0.0417. The largest absolute Gasteiger partial charge is 0.294 e. The second-order valence-corrected chi connectivity index (χ2v) is 13.2. The van der Waals surface area contributed by atoms with E-state index in [0.29, 0.717) is 0 Å². The van der Waals surface area contributed by atoms with Crippen LogP contribution in [0, 0.1) is 13.8 Å². The zero-order valence-electron chi connectivity index (χ0n) is 28.6. The molecule has 9 aromatic rings. The molecule has 9 rings (SSSR count). The Morgan fingerprint density at radius 1 is 0.431 bits per heavy atom. The fourth-order valence-electron chi connectivity index (χ4n) is 7.78. The normalized spacial score (nSPS) is 11.3. The van der Waals surface area contributed by atoms with Gasteiger partial charge in [0, 0.05) is 23.8 Å². The van der Waals surface area contributed by atoms with Crippen LogP contribution in [0.1, 0.15) is 11.1 Å². The number of anilines is 3. The number of nitrogens with zero attached hydrogens (tertiary/aromatic N) is 3. The fourth-order valence-corrected chi connectivity index (χ4v) is 7.78. The van der Waals surface area contributed by atoms with Crippen LogP contribution in [0.4, 0.5) is 17.2 Å². The Labute approximate surface area is 298 Å². The minimum Gasteiger partial charge on any atom is -0.294 e. The van der Waals surface area contributed by atoms with Gasteiger partial charge in [-0.05, 0) is 121 Å². The van der Waals surface area contributed by atoms with Crippen LogP contribution in [0.25, 0.3) is 65.7 Å². The summed E-state index contributed by atoms with van der Waals surface area (Å²) in [5, 5.41) is 7.35. The Kier molecular flexibility index (Phi) is 7.59. The van der Waals surface area contributed by atoms with E-state index in [0.717, 1.165) is 17.2 Å². The maximum absolute atomic E-state index is 4.79. The zero-order valence-corrected chi connectivity index (χ0v) is 28.6. The van der Waals surface area contributed by atoms with Crippen molar-refractivity contribution in [2.45, 2.75) is 13.8 Å². The monoisotopic (exact) mass is 653 g/mol. The number of benzene rings is 8. The maximum Gasteiger partial charge on any atom is 0.156 e. The summed E-state index contributed by atoms with van der Waals surface area (Å²) in [6.07, 6.45) is 5.33. The van der Waals surface area contributed by atoms with Crippen molar-refractivity contribution in [2.75, 3.05) is 4.90 Å². The molecule has 1 aromatic heterocycles. The standard InChI is InChI=1S/C48H35N3/c1-32-26-33(2)28-38(27-32)51(45-31-49-24-25-50-45)37-22-23-41-44(29-37)39-20-12-13-21-40(39)47-43(35-16-8-4-9-17-35)30-42(34-14-6-3-7-15-34)46(48(41)47)36-18-10-5-11-19-36/h3-31H,1-2H3. The Morgan fingerprint density at radius 3 is 1.67 bits per heavy atom. The highest BCUT2D eigenvalue weighted by Crippen LogP contribution is 2.50. The molecule has 0 N–H and O–H groups in total. The number of fused-ring (bicyclic) bond motifs is 6. The van der Waals surface area contributed by atoms with Gasteiger partial charge < -0.3 is 0 Å². The minimum absolute atomic E-state index is 0.773. The first-order chi connectivity index (χ1) is 25.1. The lowest BCUT2D eigenvalue weighted by atomic mass is 9.81. The van der Waals surface area contributed by atoms with Gasteiger partial charge >= 0.3 is 0 Å². The molecule has 8 aromatic carbocycles. The van der Waals surface area contributed by atoms with Crippen molar-refractivity contribution in [3.05, 3.63) is 187 Å². The van der Waals surface area contributed by atoms with Crippen molar-refractivity contribution >= 4 is 49.5 Å². The van der Waals surface area contributed by atoms with Crippen LogP contribution in [-0.2, 0) is 0 Å². The van der Waals surface area contributed by atoms with Crippen LogP contribution in [-0.4, -0.2) is 9.97 Å². The molecule has 0 saturated carbocycles. The van der Waals surface area contributed by atoms with Crippen molar-refractivity contribution in [1.82, 2.24) is 9.97 Å². The summed E-state index contributed by atoms with van der Waals surface area (Å²) < 4.78 is 0. The first-order valence-corrected chi connectivity index (χ1v) is 17.4. The summed E-state index contributed by atoms with van der Waals surface area (Å²) in [7, 11) is 0. The average molecular weight is 654 g/mol. The van der Waals surface area contributed by atoms with Crippen LogP contribution in [0.5, 0.6) is 0 Å². The average Bonchev–Trinajstić information content (AvgIpc) is 3.18. The van der Waals surface area contributed by atoms with Gasteiger partial charge in [0.1, 0.15) is 0 Å². The van der Waals surface area contributed by atoms with Crippen LogP contribution in [0.3, 0.4) is 0 Å². The quantitative estimate of drug-likeness (QED) is 0.167. The van der Waals surface area contributed by atoms with E-state index in [1.54, 1.807) is 12.4 Å². The smallest absolute Gasteiger partial charge is 0.156 e. The SMILES string of the molecule is Cc1cc(C)cc(N(c2ccc3c(c2)c2ccccc2c2c(-c4ccccc4)cc(-c4ccccc4)c(-c4ccccc4)c32)c2cnccn2)c1. The highest BCUT2D eigenvalue weighted by molar-refractivity contribution is 6.33. The number of aryl methyl sites for hydroxylation is 2. The van der Waals surface area contributed by atoms with Crippen molar-refractivity contribution < 1.29 is 0 Å². The third-order valence-corrected chi connectivity index (χ3v) is 9.82. The van der Waals surface area contributed by atoms with E-state index in [-0.39, 0.29) is 0 Å². The molecule has 0 bridgehead atoms. The summed E-state index contributed by atoms with van der Waals surface area (Å²) in [4.78, 5) is 11.5. The molecule has 0 fully saturated rings. The van der Waals surface area contributed by atoms with E-state index in [9.17, 15) is 0 Å². The van der Waals surface area contributed by atoms with Gasteiger partial charge in [0.25, 0.3) is 0 Å². The lowest BCUT2D eigenvalue weighted by Gasteiger charge is -2.26. The molecule has 0 amide bonds. The lowest BCUT2D eigenvalue weighted by molar-refractivity contribution is 1.12. The van der Waals surface area contributed by atoms with Gasteiger partial charge in [-0.3, -0.25) is 9.88 Å². The van der Waals surface area contributed by atoms with E-state index >= 15 is 0 Å². The molecule has 51 heavy (non-hydrogen) atoms. The molecule has 3 heteroatoms. The van der Waals surface area contributed by atoms with Crippen LogP contribution < -0.4 is 4.90 Å². The Morgan fingerprint density at radius 2 is 1.02 bits per heavy atom. The van der Waals surface area contributed by atoms with E-state index in [2.05, 4.69) is 181 Å². The van der Waals surface area contributed by atoms with Gasteiger partial charge in [-0.1, -0.05) is 127 Å². The summed E-state index contributed by atoms with van der Waals surface area (Å²) in [6, 6.07) is 57.4. The molecule has 0 unspecified atom stereocenters. The summed E-state index contributed by atoms with van der Waals surface area (Å²) in [5.41, 5.74) is 11.7. The van der Waals surface area contributed by atoms with Crippen molar-refractivity contribution in [1.29, 1.82) is 0 Å². The molecule has 0 aliphatic rings. The number of rotatable bonds is 6. The summed E-state index contributed by atoms with van der Waals surface area (Å²) in [5.74, 6) is 0.773. The third-order valence-electron chi connectivity index (χ3n) is 9.82. The predicted octanol–water partition coefficient (Wildman–Crippen LogP) is 13.0. The Balaban J connectivity index is 1.46. The van der Waals surface area contributed by atoms with E-state index in [4.69, 9.17) is 4.98 Å². The summed E-state index contributed by atoms with van der Waals surface area (Å²) in [6.45, 7) is 4.29. The van der Waals surface area contributed by atoms with Crippen LogP contribution >= 0.6 is 0 Å². The zero-order chi connectivity index (χ0) is 34.3. The van der Waals surface area contributed by atoms with Crippen molar-refractivity contribution in [3.63, 3.8) is 0 Å². The van der Waals surface area contributed by atoms with Gasteiger partial charge in [-0.2, -0.15) is 0 Å². The predicted molar refractivity (Wildman–Crippen MR) is 215 cm³/mol. The molecule has 1 heterocycles. The van der Waals surface area contributed by atoms with Gasteiger partial charge in [-0.25, -0.2) is 4.98 Å².